The van der Waals surface area contributed by atoms with Crippen LogP contribution in [-0.4, -0.2) is 50.0 Å². The number of hydrogen-bond donors (Lipinski definition) is 1. The van der Waals surface area contributed by atoms with Crippen molar-refractivity contribution in [2.45, 2.75) is 45.8 Å². The van der Waals surface area contributed by atoms with Crippen LogP contribution in [0.15, 0.2) is 42.5 Å². The summed E-state index contributed by atoms with van der Waals surface area (Å²) >= 11 is 18.3. The van der Waals surface area contributed by atoms with E-state index >= 15 is 0 Å². The Kier molecular flexibility index (Phi) is 10.1. The van der Waals surface area contributed by atoms with Crippen LogP contribution in [0.5, 0.6) is 0 Å². The van der Waals surface area contributed by atoms with Crippen molar-refractivity contribution in [3.8, 4) is 0 Å². The summed E-state index contributed by atoms with van der Waals surface area (Å²) in [6.07, 6.45) is 1.70. The van der Waals surface area contributed by atoms with Crippen LogP contribution in [0.3, 0.4) is 0 Å². The minimum atomic E-state index is -3.87. The molecule has 2 aromatic carbocycles. The molecule has 0 heterocycles. The van der Waals surface area contributed by atoms with E-state index in [1.54, 1.807) is 31.2 Å². The van der Waals surface area contributed by atoms with Crippen molar-refractivity contribution in [3.63, 3.8) is 0 Å². The minimum Gasteiger partial charge on any atom is -0.352 e. The molecule has 1 N–H and O–H groups in total. The van der Waals surface area contributed by atoms with E-state index in [4.69, 9.17) is 34.8 Å². The number of amides is 2. The van der Waals surface area contributed by atoms with Gasteiger partial charge in [0, 0.05) is 17.6 Å². The fourth-order valence-corrected chi connectivity index (χ4v) is 4.44. The van der Waals surface area contributed by atoms with Crippen LogP contribution >= 0.6 is 34.8 Å². The zero-order valence-electron chi connectivity index (χ0n) is 19.4. The van der Waals surface area contributed by atoms with Crippen LogP contribution in [0.2, 0.25) is 15.1 Å². The zero-order chi connectivity index (χ0) is 25.6. The summed E-state index contributed by atoms with van der Waals surface area (Å²) in [5.74, 6) is -0.932. The lowest BCUT2D eigenvalue weighted by Crippen LogP contribution is -2.52. The molecule has 0 aliphatic heterocycles. The number of sulfonamides is 1. The van der Waals surface area contributed by atoms with Gasteiger partial charge in [0.2, 0.25) is 21.8 Å². The van der Waals surface area contributed by atoms with E-state index < -0.39 is 28.5 Å². The third-order valence-electron chi connectivity index (χ3n) is 5.34. The Hall–Kier alpha value is -2.00. The first-order chi connectivity index (χ1) is 15.8. The van der Waals surface area contributed by atoms with Gasteiger partial charge in [-0.25, -0.2) is 8.42 Å². The molecule has 2 unspecified atom stereocenters. The highest BCUT2D eigenvalue weighted by Crippen LogP contribution is 2.29. The number of carbonyl (C=O) groups is 2. The molecule has 0 saturated heterocycles. The summed E-state index contributed by atoms with van der Waals surface area (Å²) < 4.78 is 26.1. The van der Waals surface area contributed by atoms with Gasteiger partial charge >= 0.3 is 0 Å². The Balaban J connectivity index is 2.42. The molecule has 11 heteroatoms. The first kappa shape index (κ1) is 28.2. The lowest BCUT2D eigenvalue weighted by molar-refractivity contribution is -0.139. The number of rotatable bonds is 10. The van der Waals surface area contributed by atoms with Crippen molar-refractivity contribution in [2.24, 2.45) is 0 Å². The number of halogens is 3. The fraction of sp³-hybridized carbons (Fsp3) is 0.391. The van der Waals surface area contributed by atoms with Crippen molar-refractivity contribution in [1.29, 1.82) is 0 Å². The van der Waals surface area contributed by atoms with Gasteiger partial charge in [0.1, 0.15) is 12.6 Å². The number of hydrogen-bond acceptors (Lipinski definition) is 4. The highest BCUT2D eigenvalue weighted by Gasteiger charge is 2.31. The average molecular weight is 549 g/mol. The van der Waals surface area contributed by atoms with Crippen LogP contribution in [0, 0.1) is 0 Å². The van der Waals surface area contributed by atoms with Gasteiger partial charge in [0.25, 0.3) is 0 Å². The van der Waals surface area contributed by atoms with E-state index in [0.29, 0.717) is 10.6 Å². The topological polar surface area (TPSA) is 86.8 Å². The zero-order valence-corrected chi connectivity index (χ0v) is 22.5. The molecule has 0 spiro atoms. The lowest BCUT2D eigenvalue weighted by atomic mass is 10.1. The number of anilines is 1. The third-order valence-corrected chi connectivity index (χ3v) is 7.59. The second-order valence-corrected chi connectivity index (χ2v) is 11.1. The van der Waals surface area contributed by atoms with Crippen molar-refractivity contribution in [1.82, 2.24) is 10.2 Å². The smallest absolute Gasteiger partial charge is 0.244 e. The molecule has 0 bridgehead atoms. The second kappa shape index (κ2) is 12.1. The molecule has 186 valence electrons. The minimum absolute atomic E-state index is 0.0204. The number of benzene rings is 2. The van der Waals surface area contributed by atoms with Crippen molar-refractivity contribution < 1.29 is 18.0 Å². The summed E-state index contributed by atoms with van der Waals surface area (Å²) in [5.41, 5.74) is 0.806. The van der Waals surface area contributed by atoms with Gasteiger partial charge in [-0.1, -0.05) is 59.9 Å². The van der Waals surface area contributed by atoms with Crippen molar-refractivity contribution in [3.05, 3.63) is 63.1 Å². The summed E-state index contributed by atoms with van der Waals surface area (Å²) in [4.78, 5) is 27.7. The predicted octanol–water partition coefficient (Wildman–Crippen LogP) is 4.74. The van der Waals surface area contributed by atoms with Crippen molar-refractivity contribution >= 4 is 62.3 Å². The molecule has 7 nitrogen and oxygen atoms in total. The van der Waals surface area contributed by atoms with Gasteiger partial charge in [0.15, 0.2) is 0 Å². The molecule has 0 radical (unpaired) electrons. The number of nitrogens with one attached hydrogen (secondary N) is 1. The quantitative estimate of drug-likeness (QED) is 0.464. The molecule has 2 aromatic rings. The summed E-state index contributed by atoms with van der Waals surface area (Å²) in [6.45, 7) is 4.87. The third kappa shape index (κ3) is 7.50. The van der Waals surface area contributed by atoms with E-state index in [1.807, 2.05) is 13.8 Å². The molecular formula is C23H28Cl3N3O4S. The second-order valence-electron chi connectivity index (χ2n) is 7.97. The Labute approximate surface area is 216 Å². The first-order valence-electron chi connectivity index (χ1n) is 10.6. The molecule has 0 fully saturated rings. The standard InChI is InChI=1S/C23H28Cl3N3O4S/c1-5-15(2)27-23(31)16(3)28(13-17-8-6-7-9-19(17)24)22(30)14-29(34(4,32)33)18-10-11-20(25)21(26)12-18/h6-12,15-16H,5,13-14H2,1-4H3,(H,27,31). The molecular weight excluding hydrogens is 521 g/mol. The number of carbonyl (C=O) groups excluding carboxylic acids is 2. The molecule has 0 saturated carbocycles. The van der Waals surface area contributed by atoms with Crippen LogP contribution in [-0.2, 0) is 26.2 Å². The maximum Gasteiger partial charge on any atom is 0.244 e. The maximum atomic E-state index is 13.5. The molecule has 0 aliphatic carbocycles. The Bertz CT molecular complexity index is 1140. The van der Waals surface area contributed by atoms with Crippen LogP contribution in [0.25, 0.3) is 0 Å². The Morgan fingerprint density at radius 3 is 2.21 bits per heavy atom. The molecule has 0 aliphatic rings. The molecule has 2 amide bonds. The fourth-order valence-electron chi connectivity index (χ4n) is 3.11. The van der Waals surface area contributed by atoms with Gasteiger partial charge in [-0.05, 0) is 50.1 Å². The normalized spacial score (nSPS) is 13.1. The van der Waals surface area contributed by atoms with Gasteiger partial charge in [0.05, 0.1) is 22.0 Å². The van der Waals surface area contributed by atoms with Crippen molar-refractivity contribution in [2.75, 3.05) is 17.1 Å². The van der Waals surface area contributed by atoms with Gasteiger partial charge in [-0.2, -0.15) is 0 Å². The van der Waals surface area contributed by atoms with Crippen LogP contribution in [0.4, 0.5) is 5.69 Å². The van der Waals surface area contributed by atoms with E-state index in [2.05, 4.69) is 5.32 Å². The first-order valence-corrected chi connectivity index (χ1v) is 13.6. The maximum absolute atomic E-state index is 13.5. The van der Waals surface area contributed by atoms with Gasteiger partial charge < -0.3 is 10.2 Å². The summed E-state index contributed by atoms with van der Waals surface area (Å²) in [6, 6.07) is 10.3. The van der Waals surface area contributed by atoms with E-state index in [0.717, 1.165) is 17.0 Å². The monoisotopic (exact) mass is 547 g/mol. The van der Waals surface area contributed by atoms with E-state index in [1.165, 1.54) is 23.1 Å². The summed E-state index contributed by atoms with van der Waals surface area (Å²) in [5, 5.41) is 3.69. The molecule has 0 aromatic heterocycles. The molecule has 34 heavy (non-hydrogen) atoms. The predicted molar refractivity (Wildman–Crippen MR) is 138 cm³/mol. The average Bonchev–Trinajstić information content (AvgIpc) is 2.77. The Morgan fingerprint density at radius 2 is 1.65 bits per heavy atom. The SMILES string of the molecule is CCC(C)NC(=O)C(C)N(Cc1ccccc1Cl)C(=O)CN(c1ccc(Cl)c(Cl)c1)S(C)(=O)=O. The highest BCUT2D eigenvalue weighted by atomic mass is 35.5. The largest absolute Gasteiger partial charge is 0.352 e. The lowest BCUT2D eigenvalue weighted by Gasteiger charge is -2.32. The number of nitrogens with zero attached hydrogens (tertiary/aromatic N) is 2. The van der Waals surface area contributed by atoms with Crippen LogP contribution < -0.4 is 9.62 Å². The Morgan fingerprint density at radius 1 is 1.00 bits per heavy atom. The van der Waals surface area contributed by atoms with E-state index in [-0.39, 0.29) is 34.2 Å². The van der Waals surface area contributed by atoms with Crippen LogP contribution in [0.1, 0.15) is 32.8 Å². The van der Waals surface area contributed by atoms with E-state index in [9.17, 15) is 18.0 Å². The molecule has 2 atom stereocenters. The molecule has 2 rings (SSSR count). The summed E-state index contributed by atoms with van der Waals surface area (Å²) in [7, 11) is -3.87. The van der Waals surface area contributed by atoms with Gasteiger partial charge in [-0.3, -0.25) is 13.9 Å². The highest BCUT2D eigenvalue weighted by molar-refractivity contribution is 7.92. The van der Waals surface area contributed by atoms with Gasteiger partial charge in [-0.15, -0.1) is 0 Å².